The number of aromatic nitrogens is 2. The van der Waals surface area contributed by atoms with Crippen LogP contribution in [0.3, 0.4) is 0 Å². The lowest BCUT2D eigenvalue weighted by atomic mass is 9.86. The van der Waals surface area contributed by atoms with E-state index in [1.54, 1.807) is 0 Å². The molecule has 0 bridgehead atoms. The smallest absolute Gasteiger partial charge is 0.274 e. The predicted molar refractivity (Wildman–Crippen MR) is 77.5 cm³/mol. The van der Waals surface area contributed by atoms with Crippen molar-refractivity contribution in [2.75, 3.05) is 19.6 Å². The second-order valence-corrected chi connectivity index (χ2v) is 6.33. The van der Waals surface area contributed by atoms with Crippen molar-refractivity contribution < 1.29 is 4.79 Å². The number of H-pyrrole nitrogens is 1. The molecular formula is C15H24N4O. The molecule has 1 fully saturated rings. The Kier molecular flexibility index (Phi) is 3.78. The van der Waals surface area contributed by atoms with Crippen LogP contribution >= 0.6 is 0 Å². The number of aromatic amines is 1. The Balaban J connectivity index is 1.69. The Morgan fingerprint density at radius 3 is 2.80 bits per heavy atom. The maximum atomic E-state index is 12.6. The van der Waals surface area contributed by atoms with Crippen molar-refractivity contribution in [3.63, 3.8) is 0 Å². The topological polar surface area (TPSA) is 61.0 Å². The van der Waals surface area contributed by atoms with Gasteiger partial charge in [0.25, 0.3) is 5.91 Å². The van der Waals surface area contributed by atoms with Crippen molar-refractivity contribution in [2.45, 2.75) is 39.7 Å². The van der Waals surface area contributed by atoms with Crippen LogP contribution in [-0.2, 0) is 13.0 Å². The Morgan fingerprint density at radius 1 is 1.35 bits per heavy atom. The fourth-order valence-electron chi connectivity index (χ4n) is 3.32. The van der Waals surface area contributed by atoms with E-state index < -0.39 is 0 Å². The number of amides is 1. The average molecular weight is 276 g/mol. The predicted octanol–water partition coefficient (Wildman–Crippen LogP) is 1.56. The third kappa shape index (κ3) is 2.46. The largest absolute Gasteiger partial charge is 0.337 e. The van der Waals surface area contributed by atoms with Crippen LogP contribution in [0.2, 0.25) is 0 Å². The van der Waals surface area contributed by atoms with Gasteiger partial charge in [-0.05, 0) is 24.7 Å². The molecule has 0 aliphatic carbocycles. The summed E-state index contributed by atoms with van der Waals surface area (Å²) in [5.74, 6) is 1.58. The van der Waals surface area contributed by atoms with Crippen molar-refractivity contribution >= 4 is 5.91 Å². The van der Waals surface area contributed by atoms with Gasteiger partial charge in [0.15, 0.2) is 5.69 Å². The van der Waals surface area contributed by atoms with Crippen molar-refractivity contribution in [3.8, 4) is 0 Å². The van der Waals surface area contributed by atoms with Gasteiger partial charge in [0.05, 0.1) is 0 Å². The molecule has 1 saturated heterocycles. The van der Waals surface area contributed by atoms with Crippen LogP contribution in [0.15, 0.2) is 0 Å². The van der Waals surface area contributed by atoms with E-state index in [2.05, 4.69) is 29.4 Å². The maximum absolute atomic E-state index is 12.6. The summed E-state index contributed by atoms with van der Waals surface area (Å²) in [5.41, 5.74) is 2.84. The Hall–Kier alpha value is -1.36. The normalized spacial score (nSPS) is 20.2. The average Bonchev–Trinajstić information content (AvgIpc) is 2.90. The van der Waals surface area contributed by atoms with Gasteiger partial charge in [-0.15, -0.1) is 0 Å². The van der Waals surface area contributed by atoms with Gasteiger partial charge in [-0.25, -0.2) is 0 Å². The summed E-state index contributed by atoms with van der Waals surface area (Å²) in [6.07, 6.45) is 3.17. The van der Waals surface area contributed by atoms with Crippen LogP contribution in [0.1, 0.15) is 48.4 Å². The summed E-state index contributed by atoms with van der Waals surface area (Å²) in [7, 11) is 0. The highest BCUT2D eigenvalue weighted by Crippen LogP contribution is 2.26. The van der Waals surface area contributed by atoms with E-state index in [0.29, 0.717) is 5.69 Å². The highest BCUT2D eigenvalue weighted by molar-refractivity contribution is 5.94. The lowest BCUT2D eigenvalue weighted by Crippen LogP contribution is -2.40. The fraction of sp³-hybridized carbons (Fsp3) is 0.733. The van der Waals surface area contributed by atoms with Gasteiger partial charge in [0.2, 0.25) is 0 Å². The molecular weight excluding hydrogens is 252 g/mol. The van der Waals surface area contributed by atoms with Crippen LogP contribution in [0.25, 0.3) is 0 Å². The van der Waals surface area contributed by atoms with E-state index in [0.717, 1.165) is 68.5 Å². The molecule has 2 aliphatic rings. The van der Waals surface area contributed by atoms with Crippen LogP contribution < -0.4 is 5.32 Å². The number of likely N-dealkylation sites (tertiary alicyclic amines) is 1. The van der Waals surface area contributed by atoms with E-state index in [-0.39, 0.29) is 5.91 Å². The van der Waals surface area contributed by atoms with Gasteiger partial charge in [-0.2, -0.15) is 5.10 Å². The van der Waals surface area contributed by atoms with Gasteiger partial charge in [-0.3, -0.25) is 9.89 Å². The van der Waals surface area contributed by atoms with Gasteiger partial charge in [0.1, 0.15) is 0 Å². The summed E-state index contributed by atoms with van der Waals surface area (Å²) < 4.78 is 0. The minimum atomic E-state index is 0.105. The SMILES string of the molecule is CC(C)C1CCN(C(=O)c2n[nH]c3c2CNCC3)CC1. The highest BCUT2D eigenvalue weighted by atomic mass is 16.2. The molecule has 1 aromatic rings. The minimum absolute atomic E-state index is 0.105. The second kappa shape index (κ2) is 5.56. The van der Waals surface area contributed by atoms with Gasteiger partial charge in [-0.1, -0.05) is 13.8 Å². The van der Waals surface area contributed by atoms with E-state index in [9.17, 15) is 4.79 Å². The summed E-state index contributed by atoms with van der Waals surface area (Å²) in [6, 6.07) is 0. The van der Waals surface area contributed by atoms with Crippen molar-refractivity contribution in [1.29, 1.82) is 0 Å². The van der Waals surface area contributed by atoms with Gasteiger partial charge < -0.3 is 10.2 Å². The van der Waals surface area contributed by atoms with Crippen molar-refractivity contribution in [3.05, 3.63) is 17.0 Å². The Labute approximate surface area is 120 Å². The van der Waals surface area contributed by atoms with E-state index >= 15 is 0 Å². The number of hydrogen-bond donors (Lipinski definition) is 2. The number of carbonyl (C=O) groups is 1. The third-order valence-electron chi connectivity index (χ3n) is 4.78. The van der Waals surface area contributed by atoms with Gasteiger partial charge in [0, 0.05) is 43.9 Å². The summed E-state index contributed by atoms with van der Waals surface area (Å²) in [6.45, 7) is 8.02. The molecule has 3 heterocycles. The number of hydrogen-bond acceptors (Lipinski definition) is 3. The summed E-state index contributed by atoms with van der Waals surface area (Å²) in [4.78, 5) is 14.6. The molecule has 0 spiro atoms. The number of piperidine rings is 1. The number of carbonyl (C=O) groups excluding carboxylic acids is 1. The zero-order valence-electron chi connectivity index (χ0n) is 12.4. The number of nitrogens with one attached hydrogen (secondary N) is 2. The quantitative estimate of drug-likeness (QED) is 0.862. The first-order valence-corrected chi connectivity index (χ1v) is 7.73. The van der Waals surface area contributed by atoms with Crippen molar-refractivity contribution in [2.24, 2.45) is 11.8 Å². The summed E-state index contributed by atoms with van der Waals surface area (Å²) in [5, 5.41) is 10.6. The Bertz CT molecular complexity index is 486. The monoisotopic (exact) mass is 276 g/mol. The molecule has 5 nitrogen and oxygen atoms in total. The van der Waals surface area contributed by atoms with Crippen LogP contribution in [0.4, 0.5) is 0 Å². The highest BCUT2D eigenvalue weighted by Gasteiger charge is 2.29. The van der Waals surface area contributed by atoms with Crippen LogP contribution in [0.5, 0.6) is 0 Å². The maximum Gasteiger partial charge on any atom is 0.274 e. The number of nitrogens with zero attached hydrogens (tertiary/aromatic N) is 2. The first kappa shape index (κ1) is 13.6. The zero-order valence-corrected chi connectivity index (χ0v) is 12.4. The number of fused-ring (bicyclic) bond motifs is 1. The molecule has 20 heavy (non-hydrogen) atoms. The lowest BCUT2D eigenvalue weighted by Gasteiger charge is -2.33. The van der Waals surface area contributed by atoms with E-state index in [1.807, 2.05) is 4.90 Å². The molecule has 2 N–H and O–H groups in total. The van der Waals surface area contributed by atoms with E-state index in [1.165, 1.54) is 0 Å². The van der Waals surface area contributed by atoms with Gasteiger partial charge >= 0.3 is 0 Å². The van der Waals surface area contributed by atoms with Crippen molar-refractivity contribution in [1.82, 2.24) is 20.4 Å². The molecule has 2 aliphatic heterocycles. The Morgan fingerprint density at radius 2 is 2.10 bits per heavy atom. The molecule has 0 atom stereocenters. The molecule has 1 amide bonds. The first-order chi connectivity index (χ1) is 9.66. The molecule has 110 valence electrons. The third-order valence-corrected chi connectivity index (χ3v) is 4.78. The molecule has 0 aromatic carbocycles. The standard InChI is InChI=1S/C15H24N4O/c1-10(2)11-4-7-19(8-5-11)15(20)14-12-9-16-6-3-13(12)17-18-14/h10-11,16H,3-9H2,1-2H3,(H,17,18). The lowest BCUT2D eigenvalue weighted by molar-refractivity contribution is 0.0660. The summed E-state index contributed by atoms with van der Waals surface area (Å²) >= 11 is 0. The first-order valence-electron chi connectivity index (χ1n) is 7.73. The minimum Gasteiger partial charge on any atom is -0.337 e. The van der Waals surface area contributed by atoms with Crippen LogP contribution in [0, 0.1) is 11.8 Å². The number of rotatable bonds is 2. The second-order valence-electron chi connectivity index (χ2n) is 6.33. The molecule has 0 unspecified atom stereocenters. The molecule has 0 saturated carbocycles. The van der Waals surface area contributed by atoms with E-state index in [4.69, 9.17) is 0 Å². The molecule has 0 radical (unpaired) electrons. The van der Waals surface area contributed by atoms with Crippen LogP contribution in [-0.4, -0.2) is 40.6 Å². The molecule has 3 rings (SSSR count). The zero-order chi connectivity index (χ0) is 14.1. The molecule has 5 heteroatoms. The fourth-order valence-corrected chi connectivity index (χ4v) is 3.32. The molecule has 1 aromatic heterocycles.